The van der Waals surface area contributed by atoms with Crippen molar-refractivity contribution in [3.63, 3.8) is 0 Å². The number of hydrogen-bond donors (Lipinski definition) is 1. The van der Waals surface area contributed by atoms with Gasteiger partial charge in [-0.05, 0) is 89.6 Å². The highest BCUT2D eigenvalue weighted by atomic mass is 32.1. The number of likely N-dealkylation sites (N-methyl/N-ethyl adjacent to an activating group) is 1. The number of anilines is 1. The van der Waals surface area contributed by atoms with Crippen molar-refractivity contribution in [2.45, 2.75) is 75.9 Å². The van der Waals surface area contributed by atoms with Crippen molar-refractivity contribution in [1.29, 1.82) is 5.26 Å². The number of nitrogens with zero attached hydrogens (tertiary/aromatic N) is 6. The van der Waals surface area contributed by atoms with Gasteiger partial charge in [0, 0.05) is 40.5 Å². The van der Waals surface area contributed by atoms with Crippen LogP contribution in [0.2, 0.25) is 0 Å². The Labute approximate surface area is 243 Å². The first-order valence-corrected chi connectivity index (χ1v) is 15.3. The molecule has 0 aromatic carbocycles. The molecule has 1 aliphatic heterocycles. The summed E-state index contributed by atoms with van der Waals surface area (Å²) >= 11 is 1.55. The van der Waals surface area contributed by atoms with Gasteiger partial charge in [-0.2, -0.15) is 10.2 Å². The lowest BCUT2D eigenvalue weighted by Gasteiger charge is -2.39. The van der Waals surface area contributed by atoms with Gasteiger partial charge in [0.1, 0.15) is 17.2 Å². The lowest BCUT2D eigenvalue weighted by atomic mass is 9.63. The zero-order chi connectivity index (χ0) is 28.1. The molecule has 2 aliphatic carbocycles. The number of ether oxygens (including phenoxy) is 1. The van der Waals surface area contributed by atoms with Crippen molar-refractivity contribution in [2.24, 2.45) is 0 Å². The second kappa shape index (κ2) is 10.2. The van der Waals surface area contributed by atoms with Crippen LogP contribution in [0.1, 0.15) is 72.8 Å². The highest BCUT2D eigenvalue weighted by molar-refractivity contribution is 7.16. The van der Waals surface area contributed by atoms with E-state index in [1.54, 1.807) is 23.7 Å². The van der Waals surface area contributed by atoms with Gasteiger partial charge in [-0.15, -0.1) is 11.3 Å². The maximum atomic E-state index is 10.0. The molecule has 0 amide bonds. The smallest absolute Gasteiger partial charge is 0.217 e. The van der Waals surface area contributed by atoms with Crippen LogP contribution in [-0.2, 0) is 18.3 Å². The van der Waals surface area contributed by atoms with Gasteiger partial charge in [0.05, 0.1) is 16.7 Å². The summed E-state index contributed by atoms with van der Waals surface area (Å²) in [6, 6.07) is 8.51. The molecular formula is C31H33N7O2S. The van der Waals surface area contributed by atoms with Crippen LogP contribution in [0, 0.1) is 11.3 Å². The number of fused-ring (bicyclic) bond motifs is 4. The second-order valence-corrected chi connectivity index (χ2v) is 12.7. The SMILES string of the molecule is C[C@H](Oc1cc(-c2ccncc2)nc(-c2noc3c2CCC[C@@]32CCCc3sc(N)c(C#N)c32)n1)[C@@H]1CCCN1C. The number of likely N-dealkylation sites (tertiary alicyclic amines) is 1. The fourth-order valence-corrected chi connectivity index (χ4v) is 8.44. The van der Waals surface area contributed by atoms with Crippen LogP contribution in [0.4, 0.5) is 5.00 Å². The molecule has 2 N–H and O–H groups in total. The van der Waals surface area contributed by atoms with Crippen LogP contribution in [0.3, 0.4) is 0 Å². The van der Waals surface area contributed by atoms with E-state index in [1.165, 1.54) is 11.3 Å². The molecule has 4 aromatic rings. The molecule has 3 aliphatic rings. The number of rotatable bonds is 5. The Morgan fingerprint density at radius 1 is 1.20 bits per heavy atom. The predicted molar refractivity (Wildman–Crippen MR) is 157 cm³/mol. The summed E-state index contributed by atoms with van der Waals surface area (Å²) in [4.78, 5) is 17.6. The van der Waals surface area contributed by atoms with E-state index in [9.17, 15) is 5.26 Å². The molecule has 0 unspecified atom stereocenters. The molecule has 3 atom stereocenters. The van der Waals surface area contributed by atoms with Crippen LogP contribution in [0.25, 0.3) is 22.8 Å². The van der Waals surface area contributed by atoms with Crippen LogP contribution >= 0.6 is 11.3 Å². The standard InChI is InChI=1S/C31H33N7O2S/c1-18(23-7-5-15-38(23)2)39-25-16-22(19-9-13-34-14-10-19)35-30(36-25)27-20-6-3-11-31(28(20)40-37-27)12-4-8-24-26(31)21(17-32)29(33)41-24/h9-10,13-14,16,18,23H,3-8,11-12,15,33H2,1-2H3/t18-,23-,31-/m0/s1. The van der Waals surface area contributed by atoms with Gasteiger partial charge in [-0.25, -0.2) is 4.98 Å². The molecule has 0 saturated carbocycles. The van der Waals surface area contributed by atoms with Gasteiger partial charge >= 0.3 is 0 Å². The monoisotopic (exact) mass is 567 g/mol. The topological polar surface area (TPSA) is 127 Å². The summed E-state index contributed by atoms with van der Waals surface area (Å²) in [5.41, 5.74) is 11.0. The van der Waals surface area contributed by atoms with Crippen LogP contribution in [0.5, 0.6) is 5.88 Å². The van der Waals surface area contributed by atoms with Crippen molar-refractivity contribution in [2.75, 3.05) is 19.3 Å². The molecule has 9 nitrogen and oxygen atoms in total. The van der Waals surface area contributed by atoms with Gasteiger partial charge in [0.15, 0.2) is 17.3 Å². The Kier molecular flexibility index (Phi) is 6.51. The molecule has 41 heavy (non-hydrogen) atoms. The Hall–Kier alpha value is -3.81. The lowest BCUT2D eigenvalue weighted by Crippen LogP contribution is -2.38. The second-order valence-electron chi connectivity index (χ2n) is 11.5. The summed E-state index contributed by atoms with van der Waals surface area (Å²) < 4.78 is 12.7. The van der Waals surface area contributed by atoms with Crippen LogP contribution in [0.15, 0.2) is 35.1 Å². The number of nitrogen functional groups attached to an aromatic ring is 1. The number of pyridine rings is 1. The molecule has 5 heterocycles. The van der Waals surface area contributed by atoms with E-state index in [2.05, 4.69) is 35.1 Å². The molecule has 4 aromatic heterocycles. The zero-order valence-corrected chi connectivity index (χ0v) is 24.2. The average molecular weight is 568 g/mol. The van der Waals surface area contributed by atoms with Crippen molar-refractivity contribution in [3.8, 4) is 34.7 Å². The van der Waals surface area contributed by atoms with Crippen molar-refractivity contribution in [3.05, 3.63) is 57.9 Å². The maximum absolute atomic E-state index is 10.0. The molecule has 7 rings (SSSR count). The minimum atomic E-state index is -0.394. The molecule has 1 fully saturated rings. The van der Waals surface area contributed by atoms with Gasteiger partial charge in [-0.1, -0.05) is 5.16 Å². The number of aromatic nitrogens is 4. The number of hydrogen-bond acceptors (Lipinski definition) is 10. The molecule has 10 heteroatoms. The minimum absolute atomic E-state index is 0.0286. The van der Waals surface area contributed by atoms with E-state index in [1.807, 2.05) is 18.2 Å². The van der Waals surface area contributed by atoms with Crippen LogP contribution in [-0.4, -0.2) is 50.7 Å². The number of nitriles is 1. The minimum Gasteiger partial charge on any atom is -0.473 e. The molecule has 0 bridgehead atoms. The highest BCUT2D eigenvalue weighted by Crippen LogP contribution is 2.55. The normalized spacial score (nSPS) is 22.7. The number of aryl methyl sites for hydroxylation is 1. The summed E-state index contributed by atoms with van der Waals surface area (Å²) in [7, 11) is 2.15. The Morgan fingerprint density at radius 2 is 2.00 bits per heavy atom. The molecule has 210 valence electrons. The van der Waals surface area contributed by atoms with E-state index in [4.69, 9.17) is 25.0 Å². The maximum Gasteiger partial charge on any atom is 0.217 e. The van der Waals surface area contributed by atoms with Gasteiger partial charge in [0.2, 0.25) is 5.88 Å². The third-order valence-corrected chi connectivity index (χ3v) is 10.3. The third-order valence-electron chi connectivity index (χ3n) is 9.18. The van der Waals surface area contributed by atoms with Crippen molar-refractivity contribution in [1.82, 2.24) is 25.0 Å². The predicted octanol–water partition coefficient (Wildman–Crippen LogP) is 5.53. The fraction of sp³-hybridized carbons (Fsp3) is 0.452. The summed E-state index contributed by atoms with van der Waals surface area (Å²) in [6.07, 6.45) is 11.3. The first-order chi connectivity index (χ1) is 20.0. The molecule has 0 radical (unpaired) electrons. The molecule has 1 saturated heterocycles. The van der Waals surface area contributed by atoms with E-state index in [0.717, 1.165) is 79.6 Å². The quantitative estimate of drug-likeness (QED) is 0.331. The largest absolute Gasteiger partial charge is 0.473 e. The fourth-order valence-electron chi connectivity index (χ4n) is 7.28. The lowest BCUT2D eigenvalue weighted by molar-refractivity contribution is 0.117. The average Bonchev–Trinajstić information content (AvgIpc) is 3.70. The Bertz CT molecular complexity index is 1640. The Balaban J connectivity index is 1.33. The third kappa shape index (κ3) is 4.30. The molecular weight excluding hydrogens is 534 g/mol. The first-order valence-electron chi connectivity index (χ1n) is 14.5. The van der Waals surface area contributed by atoms with Gasteiger partial charge in [-0.3, -0.25) is 9.88 Å². The van der Waals surface area contributed by atoms with E-state index < -0.39 is 5.41 Å². The van der Waals surface area contributed by atoms with E-state index in [0.29, 0.717) is 34.0 Å². The van der Waals surface area contributed by atoms with Crippen molar-refractivity contribution >= 4 is 16.3 Å². The van der Waals surface area contributed by atoms with Gasteiger partial charge in [0.25, 0.3) is 0 Å². The summed E-state index contributed by atoms with van der Waals surface area (Å²) in [5.74, 6) is 1.86. The highest BCUT2D eigenvalue weighted by Gasteiger charge is 2.48. The van der Waals surface area contributed by atoms with Crippen molar-refractivity contribution < 1.29 is 9.26 Å². The van der Waals surface area contributed by atoms with Crippen LogP contribution < -0.4 is 10.5 Å². The summed E-state index contributed by atoms with van der Waals surface area (Å²) in [6.45, 7) is 3.19. The number of thiophene rings is 1. The van der Waals surface area contributed by atoms with Gasteiger partial charge < -0.3 is 15.0 Å². The number of nitrogens with two attached hydrogens (primary N) is 1. The first kappa shape index (κ1) is 26.1. The summed E-state index contributed by atoms with van der Waals surface area (Å²) in [5, 5.41) is 15.2. The van der Waals surface area contributed by atoms with E-state index >= 15 is 0 Å². The Morgan fingerprint density at radius 3 is 2.76 bits per heavy atom. The molecule has 1 spiro atoms. The van der Waals surface area contributed by atoms with E-state index in [-0.39, 0.29) is 6.10 Å². The zero-order valence-electron chi connectivity index (χ0n) is 23.4.